The van der Waals surface area contributed by atoms with E-state index in [0.29, 0.717) is 42.5 Å². The van der Waals surface area contributed by atoms with Gasteiger partial charge in [0.25, 0.3) is 0 Å². The average molecular weight is 448 g/mol. The largest absolute Gasteiger partial charge is 0.495 e. The highest BCUT2D eigenvalue weighted by Crippen LogP contribution is 2.36. The van der Waals surface area contributed by atoms with E-state index in [9.17, 15) is 22.8 Å². The number of hydrogen-bond donors (Lipinski definition) is 1. The Morgan fingerprint density at radius 3 is 2.41 bits per heavy atom. The molecular formula is C23H23F3N2O4. The number of nitrogens with one attached hydrogen (secondary N) is 1. The van der Waals surface area contributed by atoms with Crippen LogP contribution in [0.4, 0.5) is 18.9 Å². The molecule has 2 amide bonds. The Kier molecular flexibility index (Phi) is 5.99. The number of likely N-dealkylation sites (tertiary alicyclic amines) is 1. The molecule has 1 aliphatic heterocycles. The third-order valence-corrected chi connectivity index (χ3v) is 5.63. The van der Waals surface area contributed by atoms with Gasteiger partial charge in [0.1, 0.15) is 23.3 Å². The van der Waals surface area contributed by atoms with Crippen LogP contribution in [-0.4, -0.2) is 36.4 Å². The minimum atomic E-state index is -4.43. The number of anilines is 1. The lowest BCUT2D eigenvalue weighted by atomic mass is 10.2. The lowest BCUT2D eigenvalue weighted by Gasteiger charge is -2.24. The number of alkyl halides is 3. The van der Waals surface area contributed by atoms with Crippen LogP contribution in [0.15, 0.2) is 42.5 Å². The van der Waals surface area contributed by atoms with E-state index in [4.69, 9.17) is 9.47 Å². The third-order valence-electron chi connectivity index (χ3n) is 5.63. The molecule has 1 aliphatic carbocycles. The molecule has 2 aromatic carbocycles. The predicted molar refractivity (Wildman–Crippen MR) is 111 cm³/mol. The van der Waals surface area contributed by atoms with Crippen molar-refractivity contribution >= 4 is 17.5 Å². The monoisotopic (exact) mass is 448 g/mol. The predicted octanol–water partition coefficient (Wildman–Crippen LogP) is 4.85. The molecule has 4 rings (SSSR count). The number of amides is 2. The van der Waals surface area contributed by atoms with Crippen molar-refractivity contribution in [3.63, 3.8) is 0 Å². The van der Waals surface area contributed by atoms with Gasteiger partial charge in [-0.15, -0.1) is 0 Å². The Labute approximate surface area is 183 Å². The van der Waals surface area contributed by atoms with Crippen LogP contribution in [-0.2, 0) is 15.8 Å². The van der Waals surface area contributed by atoms with Crippen LogP contribution >= 0.6 is 0 Å². The SMILES string of the molecule is COc1ccc(Oc2ccc(C(F)(F)F)cc2)cc1NC(=O)C1CCC(=O)N1CC1CC1. The molecule has 1 saturated heterocycles. The molecule has 0 aromatic heterocycles. The van der Waals surface area contributed by atoms with Crippen molar-refractivity contribution in [3.05, 3.63) is 48.0 Å². The summed E-state index contributed by atoms with van der Waals surface area (Å²) < 4.78 is 49.2. The number of benzene rings is 2. The first kappa shape index (κ1) is 22.0. The lowest BCUT2D eigenvalue weighted by molar-refractivity contribution is -0.137. The number of ether oxygens (including phenoxy) is 2. The molecule has 6 nitrogen and oxygen atoms in total. The Bertz CT molecular complexity index is 1000. The van der Waals surface area contributed by atoms with Crippen molar-refractivity contribution in [2.24, 2.45) is 5.92 Å². The van der Waals surface area contributed by atoms with Gasteiger partial charge in [-0.2, -0.15) is 13.2 Å². The molecule has 1 saturated carbocycles. The van der Waals surface area contributed by atoms with Gasteiger partial charge in [0.05, 0.1) is 18.4 Å². The number of rotatable bonds is 7. The Balaban J connectivity index is 1.48. The summed E-state index contributed by atoms with van der Waals surface area (Å²) in [6.45, 7) is 0.602. The van der Waals surface area contributed by atoms with Crippen LogP contribution in [0, 0.1) is 5.92 Å². The smallest absolute Gasteiger partial charge is 0.416 e. The second kappa shape index (κ2) is 8.72. The Hall–Kier alpha value is -3.23. The molecule has 0 radical (unpaired) electrons. The summed E-state index contributed by atoms with van der Waals surface area (Å²) in [6, 6.07) is 8.52. The first-order valence-electron chi connectivity index (χ1n) is 10.4. The second-order valence-electron chi connectivity index (χ2n) is 8.02. The molecule has 170 valence electrons. The molecule has 0 bridgehead atoms. The fraction of sp³-hybridized carbons (Fsp3) is 0.391. The van der Waals surface area contributed by atoms with Crippen LogP contribution in [0.3, 0.4) is 0 Å². The van der Waals surface area contributed by atoms with Gasteiger partial charge in [0.15, 0.2) is 0 Å². The Morgan fingerprint density at radius 1 is 1.09 bits per heavy atom. The van der Waals surface area contributed by atoms with Gasteiger partial charge >= 0.3 is 6.18 Å². The van der Waals surface area contributed by atoms with E-state index in [-0.39, 0.29) is 17.6 Å². The molecule has 32 heavy (non-hydrogen) atoms. The maximum absolute atomic E-state index is 12.9. The van der Waals surface area contributed by atoms with Crippen molar-refractivity contribution < 1.29 is 32.2 Å². The number of halogens is 3. The van der Waals surface area contributed by atoms with Crippen LogP contribution in [0.2, 0.25) is 0 Å². The van der Waals surface area contributed by atoms with Gasteiger partial charge in [-0.05, 0) is 61.6 Å². The van der Waals surface area contributed by atoms with E-state index in [1.807, 2.05) is 0 Å². The number of nitrogens with zero attached hydrogens (tertiary/aromatic N) is 1. The van der Waals surface area contributed by atoms with Gasteiger partial charge in [0.2, 0.25) is 11.8 Å². The first-order valence-corrected chi connectivity index (χ1v) is 10.4. The van der Waals surface area contributed by atoms with Crippen molar-refractivity contribution in [3.8, 4) is 17.2 Å². The molecule has 2 fully saturated rings. The average Bonchev–Trinajstić information content (AvgIpc) is 3.50. The van der Waals surface area contributed by atoms with Crippen LogP contribution < -0.4 is 14.8 Å². The maximum Gasteiger partial charge on any atom is 0.416 e. The van der Waals surface area contributed by atoms with Gasteiger partial charge in [-0.25, -0.2) is 0 Å². The molecule has 1 atom stereocenters. The van der Waals surface area contributed by atoms with Crippen molar-refractivity contribution in [1.29, 1.82) is 0 Å². The van der Waals surface area contributed by atoms with Gasteiger partial charge in [0, 0.05) is 19.0 Å². The fourth-order valence-corrected chi connectivity index (χ4v) is 3.73. The van der Waals surface area contributed by atoms with Crippen LogP contribution in [0.1, 0.15) is 31.2 Å². The van der Waals surface area contributed by atoms with E-state index in [1.165, 1.54) is 25.3 Å². The zero-order valence-corrected chi connectivity index (χ0v) is 17.4. The highest BCUT2D eigenvalue weighted by atomic mass is 19.4. The summed E-state index contributed by atoms with van der Waals surface area (Å²) in [6.07, 6.45) is -1.46. The molecule has 0 spiro atoms. The summed E-state index contributed by atoms with van der Waals surface area (Å²) in [5.41, 5.74) is -0.415. The third kappa shape index (κ3) is 4.98. The topological polar surface area (TPSA) is 67.9 Å². The summed E-state index contributed by atoms with van der Waals surface area (Å²) in [5, 5.41) is 2.82. The number of hydrogen-bond acceptors (Lipinski definition) is 4. The highest BCUT2D eigenvalue weighted by molar-refractivity contribution is 6.00. The molecular weight excluding hydrogens is 425 g/mol. The van der Waals surface area contributed by atoms with E-state index < -0.39 is 17.8 Å². The number of carbonyl (C=O) groups excluding carboxylic acids is 2. The normalized spacial score (nSPS) is 18.6. The summed E-state index contributed by atoms with van der Waals surface area (Å²) in [4.78, 5) is 26.8. The number of carbonyl (C=O) groups is 2. The lowest BCUT2D eigenvalue weighted by Crippen LogP contribution is -2.42. The minimum absolute atomic E-state index is 0.0107. The van der Waals surface area contributed by atoms with Gasteiger partial charge < -0.3 is 19.7 Å². The fourth-order valence-electron chi connectivity index (χ4n) is 3.73. The highest BCUT2D eigenvalue weighted by Gasteiger charge is 2.39. The molecule has 1 unspecified atom stereocenters. The van der Waals surface area contributed by atoms with Crippen LogP contribution in [0.25, 0.3) is 0 Å². The molecule has 2 aromatic rings. The molecule has 1 heterocycles. The zero-order valence-electron chi connectivity index (χ0n) is 17.4. The summed E-state index contributed by atoms with van der Waals surface area (Å²) >= 11 is 0. The quantitative estimate of drug-likeness (QED) is 0.658. The van der Waals surface area contributed by atoms with E-state index in [2.05, 4.69) is 5.32 Å². The Morgan fingerprint density at radius 2 is 1.78 bits per heavy atom. The van der Waals surface area contributed by atoms with Crippen LogP contribution in [0.5, 0.6) is 17.2 Å². The summed E-state index contributed by atoms with van der Waals surface area (Å²) in [7, 11) is 1.46. The maximum atomic E-state index is 12.9. The van der Waals surface area contributed by atoms with E-state index in [1.54, 1.807) is 17.0 Å². The zero-order chi connectivity index (χ0) is 22.9. The second-order valence-corrected chi connectivity index (χ2v) is 8.02. The standard InChI is InChI=1S/C23H23F3N2O4/c1-31-20-10-8-17(32-16-6-4-15(5-7-16)23(24,25)26)12-18(20)27-22(30)19-9-11-21(29)28(19)13-14-2-3-14/h4-8,10,12,14,19H,2-3,9,11,13H2,1H3,(H,27,30). The molecule has 9 heteroatoms. The van der Waals surface area contributed by atoms with Crippen molar-refractivity contribution in [2.45, 2.75) is 37.9 Å². The van der Waals surface area contributed by atoms with Gasteiger partial charge in [-0.1, -0.05) is 0 Å². The summed E-state index contributed by atoms with van der Waals surface area (Å²) in [5.74, 6) is 1.10. The van der Waals surface area contributed by atoms with E-state index in [0.717, 1.165) is 25.0 Å². The van der Waals surface area contributed by atoms with Gasteiger partial charge in [-0.3, -0.25) is 9.59 Å². The van der Waals surface area contributed by atoms with Crippen molar-refractivity contribution in [2.75, 3.05) is 19.0 Å². The van der Waals surface area contributed by atoms with E-state index >= 15 is 0 Å². The minimum Gasteiger partial charge on any atom is -0.495 e. The molecule has 1 N–H and O–H groups in total. The number of methoxy groups -OCH3 is 1. The first-order chi connectivity index (χ1) is 15.2. The van der Waals surface area contributed by atoms with Crippen molar-refractivity contribution in [1.82, 2.24) is 4.90 Å². The molecule has 2 aliphatic rings.